The Morgan fingerprint density at radius 1 is 1.29 bits per heavy atom. The Balaban J connectivity index is 1.57. The normalized spacial score (nSPS) is 19.0. The smallest absolute Gasteiger partial charge is 0.191 e. The van der Waals surface area contributed by atoms with E-state index in [0.29, 0.717) is 6.04 Å². The quantitative estimate of drug-likeness (QED) is 0.633. The number of hydrogen-bond donors (Lipinski definition) is 2. The van der Waals surface area contributed by atoms with Crippen LogP contribution in [0.15, 0.2) is 4.99 Å². The topological polar surface area (TPSA) is 67.1 Å². The summed E-state index contributed by atoms with van der Waals surface area (Å²) >= 11 is 0. The summed E-state index contributed by atoms with van der Waals surface area (Å²) in [7, 11) is 0. The van der Waals surface area contributed by atoms with Crippen molar-refractivity contribution >= 4 is 5.96 Å². The molecule has 116 valence electrons. The van der Waals surface area contributed by atoms with Crippen LogP contribution in [0.4, 0.5) is 0 Å². The first-order valence-electron chi connectivity index (χ1n) is 8.32. The molecule has 6 nitrogen and oxygen atoms in total. The van der Waals surface area contributed by atoms with Crippen LogP contribution < -0.4 is 10.6 Å². The summed E-state index contributed by atoms with van der Waals surface area (Å²) in [6, 6.07) is 0.632. The number of aliphatic imine (C=N–C) groups is 1. The van der Waals surface area contributed by atoms with Crippen LogP contribution in [0.1, 0.15) is 50.7 Å². The van der Waals surface area contributed by atoms with Crippen molar-refractivity contribution in [2.45, 2.75) is 64.5 Å². The number of aryl methyl sites for hydroxylation is 1. The summed E-state index contributed by atoms with van der Waals surface area (Å²) in [5.41, 5.74) is 0. The highest BCUT2D eigenvalue weighted by Gasteiger charge is 2.22. The molecule has 1 aliphatic carbocycles. The van der Waals surface area contributed by atoms with Crippen molar-refractivity contribution < 1.29 is 0 Å². The van der Waals surface area contributed by atoms with Crippen molar-refractivity contribution in [2.24, 2.45) is 4.99 Å². The summed E-state index contributed by atoms with van der Waals surface area (Å²) in [5, 5.41) is 15.4. The van der Waals surface area contributed by atoms with E-state index in [2.05, 4.69) is 37.3 Å². The van der Waals surface area contributed by atoms with Crippen LogP contribution in [0.2, 0.25) is 0 Å². The molecule has 2 N–H and O–H groups in total. The Morgan fingerprint density at radius 2 is 2.19 bits per heavy atom. The lowest BCUT2D eigenvalue weighted by Crippen LogP contribution is -2.38. The van der Waals surface area contributed by atoms with Gasteiger partial charge in [-0.2, -0.15) is 0 Å². The highest BCUT2D eigenvalue weighted by molar-refractivity contribution is 5.80. The molecular weight excluding hydrogens is 264 g/mol. The Kier molecular flexibility index (Phi) is 4.72. The van der Waals surface area contributed by atoms with Gasteiger partial charge in [-0.1, -0.05) is 6.42 Å². The van der Waals surface area contributed by atoms with Crippen molar-refractivity contribution in [3.63, 3.8) is 0 Å². The largest absolute Gasteiger partial charge is 0.357 e. The molecule has 2 heterocycles. The number of nitrogens with zero attached hydrogens (tertiary/aromatic N) is 4. The van der Waals surface area contributed by atoms with Gasteiger partial charge in [0.05, 0.1) is 0 Å². The molecule has 1 aromatic heterocycles. The molecule has 0 spiro atoms. The van der Waals surface area contributed by atoms with E-state index in [-0.39, 0.29) is 0 Å². The lowest BCUT2D eigenvalue weighted by atomic mass is 10.2. The third-order valence-corrected chi connectivity index (χ3v) is 4.05. The predicted octanol–water partition coefficient (Wildman–Crippen LogP) is 1.26. The fourth-order valence-electron chi connectivity index (χ4n) is 2.74. The SMILES string of the molecule is CCNC(=NCCc1nnc2n1CCCCC2)NC1CC1. The number of fused-ring (bicyclic) bond motifs is 1. The van der Waals surface area contributed by atoms with Gasteiger partial charge in [-0.15, -0.1) is 10.2 Å². The van der Waals surface area contributed by atoms with E-state index in [0.717, 1.165) is 50.1 Å². The second-order valence-corrected chi connectivity index (χ2v) is 5.92. The van der Waals surface area contributed by atoms with Gasteiger partial charge < -0.3 is 15.2 Å². The molecule has 0 bridgehead atoms. The number of nitrogens with one attached hydrogen (secondary N) is 2. The van der Waals surface area contributed by atoms with E-state index in [1.165, 1.54) is 32.1 Å². The standard InChI is InChI=1S/C15H26N6/c1-2-16-15(18-12-7-8-12)17-10-9-14-20-19-13-6-4-3-5-11-21(13)14/h12H,2-11H2,1H3,(H2,16,17,18). The first kappa shape index (κ1) is 14.4. The minimum Gasteiger partial charge on any atom is -0.357 e. The number of hydrogen-bond acceptors (Lipinski definition) is 3. The minimum absolute atomic E-state index is 0.632. The van der Waals surface area contributed by atoms with Crippen molar-refractivity contribution in [3.8, 4) is 0 Å². The molecule has 0 saturated heterocycles. The molecule has 1 fully saturated rings. The molecule has 1 saturated carbocycles. The average Bonchev–Trinajstić information content (AvgIpc) is 3.25. The third kappa shape index (κ3) is 3.95. The summed E-state index contributed by atoms with van der Waals surface area (Å²) in [5.74, 6) is 3.20. The average molecular weight is 290 g/mol. The zero-order valence-electron chi connectivity index (χ0n) is 12.9. The molecule has 0 unspecified atom stereocenters. The van der Waals surface area contributed by atoms with E-state index in [1.54, 1.807) is 0 Å². The van der Waals surface area contributed by atoms with Crippen molar-refractivity contribution in [1.29, 1.82) is 0 Å². The molecule has 3 rings (SSSR count). The van der Waals surface area contributed by atoms with Gasteiger partial charge in [0.2, 0.25) is 0 Å². The molecule has 1 aromatic rings. The van der Waals surface area contributed by atoms with E-state index >= 15 is 0 Å². The highest BCUT2D eigenvalue weighted by atomic mass is 15.3. The molecule has 0 amide bonds. The number of aromatic nitrogens is 3. The third-order valence-electron chi connectivity index (χ3n) is 4.05. The maximum atomic E-state index is 4.65. The Morgan fingerprint density at radius 3 is 3.00 bits per heavy atom. The zero-order valence-corrected chi connectivity index (χ0v) is 12.9. The maximum Gasteiger partial charge on any atom is 0.191 e. The second-order valence-electron chi connectivity index (χ2n) is 5.92. The van der Waals surface area contributed by atoms with Crippen LogP contribution in [-0.4, -0.2) is 39.9 Å². The Labute approximate surface area is 126 Å². The fraction of sp³-hybridized carbons (Fsp3) is 0.800. The van der Waals surface area contributed by atoms with Gasteiger partial charge in [0.15, 0.2) is 5.96 Å². The van der Waals surface area contributed by atoms with Gasteiger partial charge in [0, 0.05) is 38.5 Å². The Hall–Kier alpha value is -1.59. The van der Waals surface area contributed by atoms with Gasteiger partial charge in [0.1, 0.15) is 11.6 Å². The molecule has 0 radical (unpaired) electrons. The Bertz CT molecular complexity index is 488. The molecule has 6 heteroatoms. The molecule has 1 aliphatic heterocycles. The van der Waals surface area contributed by atoms with E-state index in [1.807, 2.05) is 0 Å². The highest BCUT2D eigenvalue weighted by Crippen LogP contribution is 2.18. The van der Waals surface area contributed by atoms with Crippen molar-refractivity contribution in [2.75, 3.05) is 13.1 Å². The van der Waals surface area contributed by atoms with Crippen LogP contribution in [0.5, 0.6) is 0 Å². The van der Waals surface area contributed by atoms with Gasteiger partial charge >= 0.3 is 0 Å². The second kappa shape index (κ2) is 6.91. The van der Waals surface area contributed by atoms with E-state index in [9.17, 15) is 0 Å². The summed E-state index contributed by atoms with van der Waals surface area (Å²) < 4.78 is 2.31. The number of guanidine groups is 1. The van der Waals surface area contributed by atoms with Crippen LogP contribution >= 0.6 is 0 Å². The molecule has 0 atom stereocenters. The monoisotopic (exact) mass is 290 g/mol. The lowest BCUT2D eigenvalue weighted by molar-refractivity contribution is 0.604. The van der Waals surface area contributed by atoms with Gasteiger partial charge in [-0.25, -0.2) is 0 Å². The maximum absolute atomic E-state index is 4.65. The zero-order chi connectivity index (χ0) is 14.5. The lowest BCUT2D eigenvalue weighted by Gasteiger charge is -2.10. The van der Waals surface area contributed by atoms with Crippen LogP contribution in [0, 0.1) is 0 Å². The molecule has 2 aliphatic rings. The van der Waals surface area contributed by atoms with Crippen molar-refractivity contribution in [3.05, 3.63) is 11.6 Å². The fourth-order valence-corrected chi connectivity index (χ4v) is 2.74. The van der Waals surface area contributed by atoms with Crippen LogP contribution in [0.25, 0.3) is 0 Å². The first-order valence-corrected chi connectivity index (χ1v) is 8.32. The van der Waals surface area contributed by atoms with E-state index in [4.69, 9.17) is 0 Å². The van der Waals surface area contributed by atoms with Gasteiger partial charge in [0.25, 0.3) is 0 Å². The molecule has 0 aromatic carbocycles. The van der Waals surface area contributed by atoms with Crippen LogP contribution in [0.3, 0.4) is 0 Å². The summed E-state index contributed by atoms with van der Waals surface area (Å²) in [6.07, 6.45) is 8.26. The van der Waals surface area contributed by atoms with Crippen molar-refractivity contribution in [1.82, 2.24) is 25.4 Å². The van der Waals surface area contributed by atoms with Crippen LogP contribution in [-0.2, 0) is 19.4 Å². The predicted molar refractivity (Wildman–Crippen MR) is 83.4 cm³/mol. The summed E-state index contributed by atoms with van der Waals surface area (Å²) in [4.78, 5) is 4.65. The molecule has 21 heavy (non-hydrogen) atoms. The number of rotatable bonds is 5. The summed E-state index contributed by atoms with van der Waals surface area (Å²) in [6.45, 7) is 4.84. The van der Waals surface area contributed by atoms with Gasteiger partial charge in [-0.3, -0.25) is 4.99 Å². The van der Waals surface area contributed by atoms with E-state index < -0.39 is 0 Å². The molecular formula is C15H26N6. The first-order chi connectivity index (χ1) is 10.4. The minimum atomic E-state index is 0.632. The van der Waals surface area contributed by atoms with Gasteiger partial charge in [-0.05, 0) is 32.6 Å².